The highest BCUT2D eigenvalue weighted by molar-refractivity contribution is 7.89. The first kappa shape index (κ1) is 22.9. The standard InChI is InChI=1S/C23H20FN3O4S/c24-20-8-4-5-9-22(20)32(29,30)27-21(16-17-6-2-1-3-7-17)23(28)26-18-10-12-19(13-11-18)31-15-14-25/h1-13,21,27H,15-16H2,(H,26,28)/t21-/m0/s1. The average Bonchev–Trinajstić information content (AvgIpc) is 2.79. The number of halogens is 1. The summed E-state index contributed by atoms with van der Waals surface area (Å²) in [5.74, 6) is -1.07. The van der Waals surface area contributed by atoms with Crippen LogP contribution < -0.4 is 14.8 Å². The zero-order valence-electron chi connectivity index (χ0n) is 16.9. The van der Waals surface area contributed by atoms with Crippen LogP contribution in [0.5, 0.6) is 5.75 Å². The van der Waals surface area contributed by atoms with Gasteiger partial charge < -0.3 is 10.1 Å². The normalized spacial score (nSPS) is 11.9. The van der Waals surface area contributed by atoms with Crippen molar-refractivity contribution in [3.05, 3.63) is 90.2 Å². The molecule has 0 radical (unpaired) electrons. The molecule has 0 saturated heterocycles. The number of amides is 1. The van der Waals surface area contributed by atoms with Crippen LogP contribution in [-0.4, -0.2) is 27.0 Å². The summed E-state index contributed by atoms with van der Waals surface area (Å²) in [6.45, 7) is -0.108. The Balaban J connectivity index is 1.81. The molecular weight excluding hydrogens is 433 g/mol. The van der Waals surface area contributed by atoms with Gasteiger partial charge in [-0.25, -0.2) is 12.8 Å². The predicted octanol–water partition coefficient (Wildman–Crippen LogP) is 3.26. The molecule has 164 valence electrons. The number of rotatable bonds is 9. The number of carbonyl (C=O) groups is 1. The molecule has 7 nitrogen and oxygen atoms in total. The largest absolute Gasteiger partial charge is 0.479 e. The van der Waals surface area contributed by atoms with E-state index in [-0.39, 0.29) is 13.0 Å². The van der Waals surface area contributed by atoms with Crippen LogP contribution in [0, 0.1) is 17.1 Å². The van der Waals surface area contributed by atoms with Gasteiger partial charge in [-0.05, 0) is 48.4 Å². The van der Waals surface area contributed by atoms with E-state index < -0.39 is 32.7 Å². The Morgan fingerprint density at radius 1 is 1.00 bits per heavy atom. The third kappa shape index (κ3) is 6.14. The SMILES string of the molecule is N#CCOc1ccc(NC(=O)[C@H](Cc2ccccc2)NS(=O)(=O)c2ccccc2F)cc1. The lowest BCUT2D eigenvalue weighted by molar-refractivity contribution is -0.117. The zero-order chi connectivity index (χ0) is 23.0. The number of nitrogens with one attached hydrogen (secondary N) is 2. The summed E-state index contributed by atoms with van der Waals surface area (Å²) in [6, 6.07) is 20.8. The van der Waals surface area contributed by atoms with Gasteiger partial charge in [-0.2, -0.15) is 9.98 Å². The van der Waals surface area contributed by atoms with E-state index in [2.05, 4.69) is 10.0 Å². The van der Waals surface area contributed by atoms with Crippen LogP contribution in [0.4, 0.5) is 10.1 Å². The van der Waals surface area contributed by atoms with E-state index in [0.717, 1.165) is 17.7 Å². The number of sulfonamides is 1. The summed E-state index contributed by atoms with van der Waals surface area (Å²) in [4.78, 5) is 12.4. The Labute approximate surface area is 185 Å². The van der Waals surface area contributed by atoms with Crippen molar-refractivity contribution in [3.8, 4) is 11.8 Å². The van der Waals surface area contributed by atoms with Crippen molar-refractivity contribution in [3.63, 3.8) is 0 Å². The first-order valence-electron chi connectivity index (χ1n) is 9.60. The van der Waals surface area contributed by atoms with E-state index >= 15 is 0 Å². The molecule has 1 amide bonds. The van der Waals surface area contributed by atoms with Gasteiger partial charge in [0.2, 0.25) is 15.9 Å². The maximum absolute atomic E-state index is 14.1. The van der Waals surface area contributed by atoms with Crippen molar-refractivity contribution in [2.24, 2.45) is 0 Å². The third-order valence-electron chi connectivity index (χ3n) is 4.45. The summed E-state index contributed by atoms with van der Waals surface area (Å²) in [5.41, 5.74) is 1.13. The molecular formula is C23H20FN3O4S. The lowest BCUT2D eigenvalue weighted by atomic mass is 10.1. The molecule has 3 aromatic carbocycles. The highest BCUT2D eigenvalue weighted by atomic mass is 32.2. The van der Waals surface area contributed by atoms with Crippen molar-refractivity contribution in [1.29, 1.82) is 5.26 Å². The van der Waals surface area contributed by atoms with Gasteiger partial charge in [-0.1, -0.05) is 42.5 Å². The zero-order valence-corrected chi connectivity index (χ0v) is 17.7. The van der Waals surface area contributed by atoms with Gasteiger partial charge in [0.25, 0.3) is 0 Å². The molecule has 0 aliphatic carbocycles. The molecule has 0 bridgehead atoms. The van der Waals surface area contributed by atoms with Crippen molar-refractivity contribution in [2.45, 2.75) is 17.4 Å². The maximum Gasteiger partial charge on any atom is 0.244 e. The smallest absolute Gasteiger partial charge is 0.244 e. The van der Waals surface area contributed by atoms with Crippen LogP contribution in [0.1, 0.15) is 5.56 Å². The van der Waals surface area contributed by atoms with E-state index in [1.54, 1.807) is 54.6 Å². The van der Waals surface area contributed by atoms with E-state index in [1.807, 2.05) is 6.07 Å². The summed E-state index contributed by atoms with van der Waals surface area (Å²) in [7, 11) is -4.30. The topological polar surface area (TPSA) is 108 Å². The molecule has 0 aliphatic rings. The van der Waals surface area contributed by atoms with Gasteiger partial charge in [0.15, 0.2) is 6.61 Å². The van der Waals surface area contributed by atoms with E-state index in [4.69, 9.17) is 10.00 Å². The predicted molar refractivity (Wildman–Crippen MR) is 117 cm³/mol. The molecule has 0 heterocycles. The summed E-state index contributed by atoms with van der Waals surface area (Å²) in [6.07, 6.45) is 0.0592. The van der Waals surface area contributed by atoms with Gasteiger partial charge in [-0.15, -0.1) is 0 Å². The fraction of sp³-hybridized carbons (Fsp3) is 0.130. The van der Waals surface area contributed by atoms with E-state index in [1.165, 1.54) is 12.1 Å². The lowest BCUT2D eigenvalue weighted by Gasteiger charge is -2.19. The van der Waals surface area contributed by atoms with Crippen LogP contribution >= 0.6 is 0 Å². The minimum Gasteiger partial charge on any atom is -0.479 e. The number of benzene rings is 3. The van der Waals surface area contributed by atoms with Gasteiger partial charge in [-0.3, -0.25) is 4.79 Å². The molecule has 0 fully saturated rings. The quantitative estimate of drug-likeness (QED) is 0.517. The lowest BCUT2D eigenvalue weighted by Crippen LogP contribution is -2.45. The molecule has 1 atom stereocenters. The van der Waals surface area contributed by atoms with Gasteiger partial charge in [0.1, 0.15) is 28.6 Å². The van der Waals surface area contributed by atoms with Crippen LogP contribution in [0.25, 0.3) is 0 Å². The monoisotopic (exact) mass is 453 g/mol. The Morgan fingerprint density at radius 3 is 2.31 bits per heavy atom. The number of ether oxygens (including phenoxy) is 1. The molecule has 32 heavy (non-hydrogen) atoms. The minimum atomic E-state index is -4.30. The van der Waals surface area contributed by atoms with Crippen LogP contribution in [0.3, 0.4) is 0 Å². The van der Waals surface area contributed by atoms with Crippen LogP contribution in [-0.2, 0) is 21.2 Å². The molecule has 3 aromatic rings. The summed E-state index contributed by atoms with van der Waals surface area (Å²) >= 11 is 0. The van der Waals surface area contributed by atoms with Crippen molar-refractivity contribution in [1.82, 2.24) is 4.72 Å². The molecule has 3 rings (SSSR count). The second-order valence-corrected chi connectivity index (χ2v) is 8.44. The van der Waals surface area contributed by atoms with Crippen LogP contribution in [0.15, 0.2) is 83.8 Å². The van der Waals surface area contributed by atoms with Crippen molar-refractivity contribution < 1.29 is 22.3 Å². The summed E-state index contributed by atoms with van der Waals surface area (Å²) in [5, 5.41) is 11.2. The Kier molecular flexibility index (Phi) is 7.54. The number of hydrogen-bond donors (Lipinski definition) is 2. The first-order valence-corrected chi connectivity index (χ1v) is 11.1. The van der Waals surface area contributed by atoms with Crippen molar-refractivity contribution >= 4 is 21.6 Å². The first-order chi connectivity index (χ1) is 15.4. The molecule has 0 unspecified atom stereocenters. The van der Waals surface area contributed by atoms with Gasteiger partial charge >= 0.3 is 0 Å². The fourth-order valence-electron chi connectivity index (χ4n) is 2.93. The van der Waals surface area contributed by atoms with Gasteiger partial charge in [0, 0.05) is 5.69 Å². The van der Waals surface area contributed by atoms with E-state index in [0.29, 0.717) is 11.4 Å². The highest BCUT2D eigenvalue weighted by Gasteiger charge is 2.28. The maximum atomic E-state index is 14.1. The number of hydrogen-bond acceptors (Lipinski definition) is 5. The number of carbonyl (C=O) groups excluding carboxylic acids is 1. The van der Waals surface area contributed by atoms with Gasteiger partial charge in [0.05, 0.1) is 0 Å². The summed E-state index contributed by atoms with van der Waals surface area (Å²) < 4.78 is 47.1. The second kappa shape index (κ2) is 10.5. The Morgan fingerprint density at radius 2 is 1.66 bits per heavy atom. The molecule has 0 aliphatic heterocycles. The molecule has 0 saturated carbocycles. The average molecular weight is 453 g/mol. The minimum absolute atomic E-state index is 0.0592. The van der Waals surface area contributed by atoms with E-state index in [9.17, 15) is 17.6 Å². The second-order valence-electron chi connectivity index (χ2n) is 6.75. The highest BCUT2D eigenvalue weighted by Crippen LogP contribution is 2.18. The fourth-order valence-corrected chi connectivity index (χ4v) is 4.20. The molecule has 0 aromatic heterocycles. The Bertz CT molecular complexity index is 1210. The van der Waals surface area contributed by atoms with Crippen molar-refractivity contribution in [2.75, 3.05) is 11.9 Å². The van der Waals surface area contributed by atoms with Crippen LogP contribution in [0.2, 0.25) is 0 Å². The third-order valence-corrected chi connectivity index (χ3v) is 5.95. The molecule has 2 N–H and O–H groups in total. The molecule has 0 spiro atoms. The number of anilines is 1. The Hall–Kier alpha value is -3.74. The number of nitrogens with zero attached hydrogens (tertiary/aromatic N) is 1. The number of nitriles is 1. The molecule has 9 heteroatoms.